The summed E-state index contributed by atoms with van der Waals surface area (Å²) < 4.78 is 32.2. The van der Waals surface area contributed by atoms with Crippen LogP contribution in [0, 0.1) is 0 Å². The zero-order valence-corrected chi connectivity index (χ0v) is 13.1. The third-order valence-corrected chi connectivity index (χ3v) is 5.14. The highest BCUT2D eigenvalue weighted by Gasteiger charge is 2.23. The second-order valence-corrected chi connectivity index (χ2v) is 7.07. The number of likely N-dealkylation sites (N-methyl/N-ethyl adjacent to an activating group) is 1. The molecule has 0 aliphatic heterocycles. The molecule has 6 nitrogen and oxygen atoms in total. The number of nitrogens with zero attached hydrogens (tertiary/aromatic N) is 2. The van der Waals surface area contributed by atoms with Gasteiger partial charge in [-0.05, 0) is 32.7 Å². The van der Waals surface area contributed by atoms with Gasteiger partial charge in [0.2, 0.25) is 0 Å². The number of ether oxygens (including phenoxy) is 1. The van der Waals surface area contributed by atoms with Gasteiger partial charge in [-0.3, -0.25) is 0 Å². The highest BCUT2D eigenvalue weighted by atomic mass is 32.2. The molecule has 0 spiro atoms. The maximum Gasteiger partial charge on any atom is 0.281 e. The summed E-state index contributed by atoms with van der Waals surface area (Å²) in [5.41, 5.74) is 0. The van der Waals surface area contributed by atoms with Crippen molar-refractivity contribution >= 4 is 10.2 Å². The van der Waals surface area contributed by atoms with Gasteiger partial charge in [0.1, 0.15) is 0 Å². The minimum absolute atomic E-state index is 0.390. The summed E-state index contributed by atoms with van der Waals surface area (Å²) in [7, 11) is -0.126. The molecule has 1 rings (SSSR count). The van der Waals surface area contributed by atoms with Gasteiger partial charge in [0, 0.05) is 39.8 Å². The molecule has 0 aromatic carbocycles. The molecule has 0 amide bonds. The fourth-order valence-corrected chi connectivity index (χ4v) is 2.84. The number of hydrogen-bond acceptors (Lipinski definition) is 4. The first kappa shape index (κ1) is 16.8. The van der Waals surface area contributed by atoms with Gasteiger partial charge in [0.15, 0.2) is 0 Å². The molecule has 1 aliphatic rings. The van der Waals surface area contributed by atoms with E-state index in [0.29, 0.717) is 32.3 Å². The van der Waals surface area contributed by atoms with Crippen molar-refractivity contribution in [3.63, 3.8) is 0 Å². The van der Waals surface area contributed by atoms with Gasteiger partial charge in [-0.15, -0.1) is 0 Å². The fraction of sp³-hybridized carbons (Fsp3) is 1.00. The van der Waals surface area contributed by atoms with Gasteiger partial charge in [0.05, 0.1) is 6.61 Å². The molecule has 0 unspecified atom stereocenters. The standard InChI is InChI=1S/C12H27N3O3S/c1-4-18-11-10-15(3)19(16,17)14(2)9-5-8-13-12-6-7-12/h12-13H,4-11H2,1-3H3. The molecule has 7 heteroatoms. The zero-order valence-electron chi connectivity index (χ0n) is 12.3. The molecule has 1 saturated carbocycles. The Morgan fingerprint density at radius 1 is 1.21 bits per heavy atom. The fourth-order valence-electron chi connectivity index (χ4n) is 1.70. The van der Waals surface area contributed by atoms with Crippen LogP contribution in [0.2, 0.25) is 0 Å². The summed E-state index contributed by atoms with van der Waals surface area (Å²) in [5.74, 6) is 0. The molecule has 19 heavy (non-hydrogen) atoms. The van der Waals surface area contributed by atoms with E-state index in [1.807, 2.05) is 6.92 Å². The molecule has 0 atom stereocenters. The zero-order chi connectivity index (χ0) is 14.3. The van der Waals surface area contributed by atoms with Crippen LogP contribution in [0.4, 0.5) is 0 Å². The maximum absolute atomic E-state index is 12.1. The van der Waals surface area contributed by atoms with Gasteiger partial charge in [-0.25, -0.2) is 0 Å². The molecular weight excluding hydrogens is 266 g/mol. The number of hydrogen-bond donors (Lipinski definition) is 1. The van der Waals surface area contributed by atoms with Crippen molar-refractivity contribution in [1.29, 1.82) is 0 Å². The molecular formula is C12H27N3O3S. The van der Waals surface area contributed by atoms with Crippen molar-refractivity contribution in [2.24, 2.45) is 0 Å². The Morgan fingerprint density at radius 2 is 1.84 bits per heavy atom. The quantitative estimate of drug-likeness (QED) is 0.556. The minimum atomic E-state index is -3.35. The summed E-state index contributed by atoms with van der Waals surface area (Å²) in [6.07, 6.45) is 3.36. The minimum Gasteiger partial charge on any atom is -0.380 e. The number of rotatable bonds is 11. The van der Waals surface area contributed by atoms with Crippen LogP contribution in [0.15, 0.2) is 0 Å². The lowest BCUT2D eigenvalue weighted by Crippen LogP contribution is -2.42. The monoisotopic (exact) mass is 293 g/mol. The van der Waals surface area contributed by atoms with Crippen LogP contribution in [0.25, 0.3) is 0 Å². The molecule has 1 fully saturated rings. The van der Waals surface area contributed by atoms with E-state index < -0.39 is 10.2 Å². The Balaban J connectivity index is 2.23. The lowest BCUT2D eigenvalue weighted by atomic mass is 10.4. The van der Waals surface area contributed by atoms with Crippen LogP contribution < -0.4 is 5.32 Å². The van der Waals surface area contributed by atoms with Crippen molar-refractivity contribution in [1.82, 2.24) is 13.9 Å². The third kappa shape index (κ3) is 6.18. The normalized spacial score (nSPS) is 16.5. The third-order valence-electron chi connectivity index (χ3n) is 3.20. The summed E-state index contributed by atoms with van der Waals surface area (Å²) in [4.78, 5) is 0. The van der Waals surface area contributed by atoms with Crippen LogP contribution in [0.5, 0.6) is 0 Å². The van der Waals surface area contributed by atoms with Gasteiger partial charge >= 0.3 is 0 Å². The second-order valence-electron chi connectivity index (χ2n) is 4.93. The Hall–Kier alpha value is -0.210. The molecule has 1 N–H and O–H groups in total. The van der Waals surface area contributed by atoms with Gasteiger partial charge < -0.3 is 10.1 Å². The first-order valence-corrected chi connectivity index (χ1v) is 8.37. The molecule has 1 aliphatic carbocycles. The van der Waals surface area contributed by atoms with E-state index >= 15 is 0 Å². The SMILES string of the molecule is CCOCCN(C)S(=O)(=O)N(C)CCCNC1CC1. The van der Waals surface area contributed by atoms with Crippen molar-refractivity contribution in [2.75, 3.05) is 46.9 Å². The highest BCUT2D eigenvalue weighted by molar-refractivity contribution is 7.86. The molecule has 0 bridgehead atoms. The molecule has 114 valence electrons. The Labute approximate surface area is 117 Å². The predicted octanol–water partition coefficient (Wildman–Crippen LogP) is 0.273. The van der Waals surface area contributed by atoms with Crippen molar-refractivity contribution in [3.05, 3.63) is 0 Å². The van der Waals surface area contributed by atoms with Crippen molar-refractivity contribution < 1.29 is 13.2 Å². The predicted molar refractivity (Wildman–Crippen MR) is 76.3 cm³/mol. The molecule has 0 heterocycles. The average Bonchev–Trinajstić information content (AvgIpc) is 3.18. The van der Waals surface area contributed by atoms with E-state index in [2.05, 4.69) is 5.32 Å². The molecule has 0 aromatic heterocycles. The topological polar surface area (TPSA) is 61.9 Å². The maximum atomic E-state index is 12.1. The second kappa shape index (κ2) is 8.16. The summed E-state index contributed by atoms with van der Waals surface area (Å²) in [6, 6.07) is 0.677. The molecule has 0 saturated heterocycles. The van der Waals surface area contributed by atoms with Crippen LogP contribution in [-0.4, -0.2) is 70.0 Å². The molecule has 0 aromatic rings. The van der Waals surface area contributed by atoms with Gasteiger partial charge in [-0.2, -0.15) is 17.0 Å². The van der Waals surface area contributed by atoms with E-state index in [0.717, 1.165) is 13.0 Å². The van der Waals surface area contributed by atoms with Crippen LogP contribution in [-0.2, 0) is 14.9 Å². The summed E-state index contributed by atoms with van der Waals surface area (Å²) in [6.45, 7) is 4.75. The lowest BCUT2D eigenvalue weighted by molar-refractivity contribution is 0.137. The molecule has 0 radical (unpaired) electrons. The lowest BCUT2D eigenvalue weighted by Gasteiger charge is -2.24. The van der Waals surface area contributed by atoms with Crippen molar-refractivity contribution in [3.8, 4) is 0 Å². The van der Waals surface area contributed by atoms with E-state index in [1.165, 1.54) is 21.5 Å². The van der Waals surface area contributed by atoms with E-state index in [-0.39, 0.29) is 0 Å². The highest BCUT2D eigenvalue weighted by Crippen LogP contribution is 2.18. The van der Waals surface area contributed by atoms with Gasteiger partial charge in [0.25, 0.3) is 10.2 Å². The average molecular weight is 293 g/mol. The first-order chi connectivity index (χ1) is 8.98. The van der Waals surface area contributed by atoms with E-state index in [9.17, 15) is 8.42 Å². The van der Waals surface area contributed by atoms with Crippen molar-refractivity contribution in [2.45, 2.75) is 32.2 Å². The van der Waals surface area contributed by atoms with Gasteiger partial charge in [-0.1, -0.05) is 0 Å². The van der Waals surface area contributed by atoms with E-state index in [1.54, 1.807) is 14.1 Å². The van der Waals surface area contributed by atoms with E-state index in [4.69, 9.17) is 4.74 Å². The smallest absolute Gasteiger partial charge is 0.281 e. The first-order valence-electron chi connectivity index (χ1n) is 6.97. The Morgan fingerprint density at radius 3 is 2.42 bits per heavy atom. The van der Waals surface area contributed by atoms with Crippen LogP contribution >= 0.6 is 0 Å². The largest absolute Gasteiger partial charge is 0.380 e. The summed E-state index contributed by atoms with van der Waals surface area (Å²) in [5, 5.41) is 3.38. The summed E-state index contributed by atoms with van der Waals surface area (Å²) >= 11 is 0. The number of nitrogens with one attached hydrogen (secondary N) is 1. The Kier molecular flexibility index (Phi) is 7.23. The van der Waals surface area contributed by atoms with Crippen LogP contribution in [0.1, 0.15) is 26.2 Å². The Bertz CT molecular complexity index is 344. The van der Waals surface area contributed by atoms with Crippen LogP contribution in [0.3, 0.4) is 0 Å².